The van der Waals surface area contributed by atoms with E-state index in [2.05, 4.69) is 4.18 Å². The van der Waals surface area contributed by atoms with E-state index in [9.17, 15) is 18.6 Å². The molecule has 0 aliphatic heterocycles. The molecule has 0 aromatic heterocycles. The van der Waals surface area contributed by atoms with Gasteiger partial charge in [-0.25, -0.2) is 0 Å². The summed E-state index contributed by atoms with van der Waals surface area (Å²) in [5.74, 6) is -0.304. The number of hydrogen-bond acceptors (Lipinski definition) is 5. The molecule has 0 aliphatic carbocycles. The van der Waals surface area contributed by atoms with Crippen LogP contribution in [0.2, 0.25) is 0 Å². The first-order valence-electron chi connectivity index (χ1n) is 5.20. The van der Waals surface area contributed by atoms with E-state index in [0.717, 1.165) is 7.11 Å². The van der Waals surface area contributed by atoms with E-state index in [0.29, 0.717) is 0 Å². The molecule has 0 saturated carbocycles. The van der Waals surface area contributed by atoms with Crippen molar-refractivity contribution in [3.63, 3.8) is 0 Å². The van der Waals surface area contributed by atoms with Gasteiger partial charge in [0.2, 0.25) is 0 Å². The summed E-state index contributed by atoms with van der Waals surface area (Å²) >= 11 is 0. The first-order chi connectivity index (χ1) is 7.88. The highest BCUT2D eigenvalue weighted by Crippen LogP contribution is 2.32. The van der Waals surface area contributed by atoms with Crippen molar-refractivity contribution in [1.82, 2.24) is 0 Å². The third-order valence-corrected chi connectivity index (χ3v) is 3.70. The highest BCUT2D eigenvalue weighted by molar-refractivity contribution is 7.86. The second kappa shape index (κ2) is 6.46. The van der Waals surface area contributed by atoms with Crippen LogP contribution in [0.5, 0.6) is 11.5 Å². The molecule has 1 aromatic carbocycles. The van der Waals surface area contributed by atoms with Gasteiger partial charge in [-0.15, -0.1) is 0 Å². The maximum atomic E-state index is 11.3. The summed E-state index contributed by atoms with van der Waals surface area (Å²) in [6, 6.07) is 3.69. The Kier molecular flexibility index (Phi) is 5.98. The minimum Gasteiger partial charge on any atom is -0.508 e. The van der Waals surface area contributed by atoms with Gasteiger partial charge in [0.15, 0.2) is 0 Å². The molecule has 6 heteroatoms. The van der Waals surface area contributed by atoms with Crippen LogP contribution in [-0.4, -0.2) is 25.7 Å². The molecule has 1 aromatic rings. The molecule has 0 bridgehead atoms. The summed E-state index contributed by atoms with van der Waals surface area (Å²) in [6.07, 6.45) is 0. The molecule has 98 valence electrons. The molecule has 1 atom stereocenters. The quantitative estimate of drug-likeness (QED) is 0.644. The normalized spacial score (nSPS) is 12.5. The lowest BCUT2D eigenvalue weighted by atomic mass is 10.1. The third-order valence-electron chi connectivity index (χ3n) is 2.11. The molecular weight excluding hydrogens is 244 g/mol. The molecule has 17 heavy (non-hydrogen) atoms. The Bertz CT molecular complexity index is 453. The third kappa shape index (κ3) is 3.90. The number of phenols is 2. The van der Waals surface area contributed by atoms with Gasteiger partial charge < -0.3 is 10.2 Å². The van der Waals surface area contributed by atoms with Gasteiger partial charge >= 0.3 is 0 Å². The minimum atomic E-state index is -3.76. The van der Waals surface area contributed by atoms with Gasteiger partial charge in [-0.1, -0.05) is 13.8 Å². The first-order valence-corrected chi connectivity index (χ1v) is 6.67. The molecule has 0 fully saturated rings. The van der Waals surface area contributed by atoms with Gasteiger partial charge in [0.05, 0.1) is 7.11 Å². The molecule has 1 unspecified atom stereocenters. The number of phenolic OH excluding ortho intramolecular Hbond substituents is 2. The molecule has 0 radical (unpaired) electrons. The highest BCUT2D eigenvalue weighted by atomic mass is 32.2. The van der Waals surface area contributed by atoms with E-state index in [1.165, 1.54) is 25.1 Å². The van der Waals surface area contributed by atoms with Crippen molar-refractivity contribution in [2.45, 2.75) is 26.0 Å². The van der Waals surface area contributed by atoms with E-state index < -0.39 is 15.4 Å². The van der Waals surface area contributed by atoms with E-state index in [1.54, 1.807) is 0 Å². The Balaban J connectivity index is 0.00000121. The van der Waals surface area contributed by atoms with E-state index in [4.69, 9.17) is 0 Å². The fraction of sp³-hybridized carbons (Fsp3) is 0.455. The zero-order chi connectivity index (χ0) is 13.6. The van der Waals surface area contributed by atoms with Crippen LogP contribution < -0.4 is 0 Å². The van der Waals surface area contributed by atoms with Crippen LogP contribution in [0.15, 0.2) is 18.2 Å². The molecule has 0 spiro atoms. The van der Waals surface area contributed by atoms with Crippen molar-refractivity contribution in [3.8, 4) is 11.5 Å². The maximum absolute atomic E-state index is 11.3. The van der Waals surface area contributed by atoms with Gasteiger partial charge in [-0.3, -0.25) is 4.18 Å². The van der Waals surface area contributed by atoms with Gasteiger partial charge in [0.1, 0.15) is 16.7 Å². The van der Waals surface area contributed by atoms with Crippen molar-refractivity contribution in [2.24, 2.45) is 0 Å². The lowest BCUT2D eigenvalue weighted by Gasteiger charge is -2.12. The van der Waals surface area contributed by atoms with Crippen molar-refractivity contribution in [2.75, 3.05) is 7.11 Å². The summed E-state index contributed by atoms with van der Waals surface area (Å²) in [6.45, 7) is 5.37. The van der Waals surface area contributed by atoms with Crippen LogP contribution in [0.1, 0.15) is 31.6 Å². The van der Waals surface area contributed by atoms with Crippen LogP contribution in [0.3, 0.4) is 0 Å². The van der Waals surface area contributed by atoms with Gasteiger partial charge in [-0.05, 0) is 25.1 Å². The standard InChI is InChI=1S/C9H12O5S.C2H6/c1-6(15(12,13)14-2)8-5-7(10)3-4-9(8)11;1-2/h3-6,10-11H,1-2H3;1-2H3. The minimum absolute atomic E-state index is 0.108. The number of aromatic hydroxyl groups is 2. The zero-order valence-electron chi connectivity index (χ0n) is 10.3. The molecule has 1 rings (SSSR count). The summed E-state index contributed by atoms with van der Waals surface area (Å²) in [7, 11) is -2.71. The van der Waals surface area contributed by atoms with Crippen LogP contribution in [-0.2, 0) is 14.3 Å². The van der Waals surface area contributed by atoms with Gasteiger partial charge in [0.25, 0.3) is 10.1 Å². The fourth-order valence-corrected chi connectivity index (χ4v) is 1.96. The summed E-state index contributed by atoms with van der Waals surface area (Å²) < 4.78 is 27.0. The van der Waals surface area contributed by atoms with Crippen LogP contribution in [0.4, 0.5) is 0 Å². The van der Waals surface area contributed by atoms with Crippen molar-refractivity contribution < 1.29 is 22.8 Å². The maximum Gasteiger partial charge on any atom is 0.274 e. The molecule has 0 aliphatic rings. The largest absolute Gasteiger partial charge is 0.508 e. The Morgan fingerprint density at radius 3 is 2.24 bits per heavy atom. The predicted molar refractivity (Wildman–Crippen MR) is 65.5 cm³/mol. The van der Waals surface area contributed by atoms with Crippen molar-refractivity contribution >= 4 is 10.1 Å². The predicted octanol–water partition coefficient (Wildman–Crippen LogP) is 2.16. The number of benzene rings is 1. The molecule has 0 heterocycles. The number of hydrogen-bond donors (Lipinski definition) is 2. The monoisotopic (exact) mass is 262 g/mol. The van der Waals surface area contributed by atoms with E-state index >= 15 is 0 Å². The fourth-order valence-electron chi connectivity index (χ4n) is 1.17. The Labute approximate surface area is 102 Å². The topological polar surface area (TPSA) is 83.8 Å². The highest BCUT2D eigenvalue weighted by Gasteiger charge is 2.25. The smallest absolute Gasteiger partial charge is 0.274 e. The summed E-state index contributed by atoms with van der Waals surface area (Å²) in [5, 5.41) is 17.6. The average molecular weight is 262 g/mol. The van der Waals surface area contributed by atoms with E-state index in [-0.39, 0.29) is 17.1 Å². The molecular formula is C11H18O5S. The summed E-state index contributed by atoms with van der Waals surface area (Å²) in [5.41, 5.74) is 0.108. The van der Waals surface area contributed by atoms with E-state index in [1.807, 2.05) is 13.8 Å². The molecule has 0 amide bonds. The van der Waals surface area contributed by atoms with Crippen LogP contribution in [0, 0.1) is 0 Å². The zero-order valence-corrected chi connectivity index (χ0v) is 11.2. The van der Waals surface area contributed by atoms with Crippen LogP contribution in [0.25, 0.3) is 0 Å². The van der Waals surface area contributed by atoms with Crippen LogP contribution >= 0.6 is 0 Å². The lowest BCUT2D eigenvalue weighted by Crippen LogP contribution is -2.11. The SMILES string of the molecule is CC.COS(=O)(=O)C(C)c1cc(O)ccc1O. The number of rotatable bonds is 3. The van der Waals surface area contributed by atoms with Crippen molar-refractivity contribution in [3.05, 3.63) is 23.8 Å². The molecule has 5 nitrogen and oxygen atoms in total. The molecule has 0 saturated heterocycles. The van der Waals surface area contributed by atoms with Gasteiger partial charge in [-0.2, -0.15) is 8.42 Å². The van der Waals surface area contributed by atoms with Crippen molar-refractivity contribution in [1.29, 1.82) is 0 Å². The first kappa shape index (κ1) is 15.7. The Morgan fingerprint density at radius 1 is 1.24 bits per heavy atom. The molecule has 2 N–H and O–H groups in total. The van der Waals surface area contributed by atoms with Gasteiger partial charge in [0, 0.05) is 5.56 Å². The second-order valence-corrected chi connectivity index (χ2v) is 5.07. The summed E-state index contributed by atoms with van der Waals surface area (Å²) in [4.78, 5) is 0. The average Bonchev–Trinajstić information content (AvgIpc) is 2.34. The lowest BCUT2D eigenvalue weighted by molar-refractivity contribution is 0.387. The second-order valence-electron chi connectivity index (χ2n) is 3.04. The Morgan fingerprint density at radius 2 is 1.76 bits per heavy atom. The Hall–Kier alpha value is -1.27.